The number of carbonyl (C=O) groups is 4. The quantitative estimate of drug-likeness (QED) is 0.118. The Kier molecular flexibility index (Phi) is 14.5. The van der Waals surface area contributed by atoms with Gasteiger partial charge in [-0.3, -0.25) is 34.0 Å². The predicted octanol–water partition coefficient (Wildman–Crippen LogP) is 3.17. The van der Waals surface area contributed by atoms with E-state index in [0.29, 0.717) is 37.7 Å². The van der Waals surface area contributed by atoms with Crippen LogP contribution < -0.4 is 20.5 Å². The van der Waals surface area contributed by atoms with Crippen LogP contribution in [0.25, 0.3) is 21.9 Å². The van der Waals surface area contributed by atoms with Crippen LogP contribution >= 0.6 is 0 Å². The van der Waals surface area contributed by atoms with Crippen LogP contribution in [-0.4, -0.2) is 135 Å². The summed E-state index contributed by atoms with van der Waals surface area (Å²) in [6, 6.07) is 10.4. The third-order valence-corrected chi connectivity index (χ3v) is 10.6. The van der Waals surface area contributed by atoms with E-state index in [1.165, 1.54) is 19.0 Å². The molecule has 1 N–H and O–H groups in total. The van der Waals surface area contributed by atoms with Crippen LogP contribution in [0.3, 0.4) is 0 Å². The lowest BCUT2D eigenvalue weighted by atomic mass is 9.96. The molecule has 0 radical (unpaired) electrons. The monoisotopic (exact) mass is 767 g/mol. The molecule has 1 saturated heterocycles. The van der Waals surface area contributed by atoms with Crippen molar-refractivity contribution in [3.05, 3.63) is 87.6 Å². The van der Waals surface area contributed by atoms with Crippen molar-refractivity contribution in [1.29, 1.82) is 0 Å². The Morgan fingerprint density at radius 3 is 2.50 bits per heavy atom. The molecule has 0 saturated carbocycles. The maximum Gasteiger partial charge on any atom is 0.259 e. The molecule has 1 aliphatic heterocycles. The zero-order valence-electron chi connectivity index (χ0n) is 33.2. The van der Waals surface area contributed by atoms with Gasteiger partial charge in [-0.05, 0) is 67.2 Å². The van der Waals surface area contributed by atoms with E-state index in [-0.39, 0.29) is 35.4 Å². The average molecular weight is 768 g/mol. The van der Waals surface area contributed by atoms with Gasteiger partial charge >= 0.3 is 0 Å². The van der Waals surface area contributed by atoms with Gasteiger partial charge in [-0.15, -0.1) is 0 Å². The fourth-order valence-corrected chi connectivity index (χ4v) is 7.23. The van der Waals surface area contributed by atoms with Crippen LogP contribution in [-0.2, 0) is 27.9 Å². The van der Waals surface area contributed by atoms with Crippen molar-refractivity contribution in [3.8, 4) is 16.9 Å². The second-order valence-electron chi connectivity index (χ2n) is 14.2. The number of amides is 2. The van der Waals surface area contributed by atoms with Gasteiger partial charge in [0.05, 0.1) is 31.3 Å². The molecule has 0 bridgehead atoms. The molecule has 2 aromatic heterocycles. The first kappa shape index (κ1) is 41.7. The van der Waals surface area contributed by atoms with Crippen molar-refractivity contribution in [3.63, 3.8) is 0 Å². The summed E-state index contributed by atoms with van der Waals surface area (Å²) in [6.45, 7) is 8.69. The number of ether oxygens (including phenoxy) is 2. The standard InChI is InChI=1S/C42H53N7O7/c1-29-22-30(37-27-46(4)41(53)35-25-44-12-11-34(35)37)24-39(55-6)36(29)26-45(3)17-20-56-21-18-48-13-15-49(16-14-48)32-9-10-33(31(23-32)28-51)42(54)47(5)38(8-7-19-50)40(52)43-2/h9-12,19,22-25,27-28,38H,7-8,13-18,20-21,26H2,1-6H3,(H,43,52). The molecule has 14 heteroatoms. The van der Waals surface area contributed by atoms with Crippen LogP contribution in [0, 0.1) is 6.92 Å². The molecule has 3 heterocycles. The van der Waals surface area contributed by atoms with E-state index in [2.05, 4.69) is 45.0 Å². The molecular formula is C42H53N7O7. The van der Waals surface area contributed by atoms with Gasteiger partial charge in [0, 0.05) is 114 Å². The number of methoxy groups -OCH3 is 1. The highest BCUT2D eigenvalue weighted by atomic mass is 16.5. The summed E-state index contributed by atoms with van der Waals surface area (Å²) in [7, 11) is 8.49. The number of nitrogens with one attached hydrogen (secondary N) is 1. The van der Waals surface area contributed by atoms with Gasteiger partial charge in [0.2, 0.25) is 5.91 Å². The Hall–Kier alpha value is -5.44. The second kappa shape index (κ2) is 19.4. The van der Waals surface area contributed by atoms with Gasteiger partial charge < -0.3 is 34.0 Å². The van der Waals surface area contributed by atoms with Gasteiger partial charge in [0.15, 0.2) is 6.29 Å². The molecule has 1 aliphatic rings. The third-order valence-electron chi connectivity index (χ3n) is 10.6. The van der Waals surface area contributed by atoms with Crippen molar-refractivity contribution < 1.29 is 28.7 Å². The van der Waals surface area contributed by atoms with E-state index < -0.39 is 11.9 Å². The maximum absolute atomic E-state index is 13.3. The number of hydrogen-bond acceptors (Lipinski definition) is 11. The number of pyridine rings is 2. The normalized spacial score (nSPS) is 13.8. The first-order valence-electron chi connectivity index (χ1n) is 18.9. The van der Waals surface area contributed by atoms with Gasteiger partial charge in [-0.25, -0.2) is 0 Å². The van der Waals surface area contributed by atoms with Gasteiger partial charge in [-0.2, -0.15) is 0 Å². The number of aromatic nitrogens is 2. The van der Waals surface area contributed by atoms with Gasteiger partial charge in [0.25, 0.3) is 11.5 Å². The van der Waals surface area contributed by atoms with Crippen LogP contribution in [0.5, 0.6) is 5.75 Å². The smallest absolute Gasteiger partial charge is 0.259 e. The van der Waals surface area contributed by atoms with Crippen LogP contribution in [0.15, 0.2) is 59.8 Å². The molecule has 0 spiro atoms. The number of aryl methyl sites for hydroxylation is 2. The number of fused-ring (bicyclic) bond motifs is 1. The van der Waals surface area contributed by atoms with Crippen molar-refractivity contribution >= 4 is 40.8 Å². The minimum Gasteiger partial charge on any atom is -0.496 e. The fourth-order valence-electron chi connectivity index (χ4n) is 7.23. The largest absolute Gasteiger partial charge is 0.496 e. The van der Waals surface area contributed by atoms with Crippen LogP contribution in [0.1, 0.15) is 44.7 Å². The van der Waals surface area contributed by atoms with Crippen molar-refractivity contribution in [2.75, 3.05) is 85.6 Å². The number of benzene rings is 2. The molecule has 1 unspecified atom stereocenters. The summed E-state index contributed by atoms with van der Waals surface area (Å²) in [5.74, 6) is -0.0320. The summed E-state index contributed by atoms with van der Waals surface area (Å²) in [5, 5.41) is 3.98. The minimum absolute atomic E-state index is 0.0812. The van der Waals surface area contributed by atoms with E-state index in [1.54, 1.807) is 43.3 Å². The number of rotatable bonds is 18. The molecule has 14 nitrogen and oxygen atoms in total. The fraction of sp³-hybridized carbons (Fsp3) is 0.429. The van der Waals surface area contributed by atoms with Crippen molar-refractivity contribution in [1.82, 2.24) is 29.6 Å². The maximum atomic E-state index is 13.3. The Bertz CT molecular complexity index is 2090. The molecule has 1 atom stereocenters. The lowest BCUT2D eigenvalue weighted by molar-refractivity contribution is -0.125. The first-order chi connectivity index (χ1) is 27.0. The third kappa shape index (κ3) is 9.67. The highest BCUT2D eigenvalue weighted by Gasteiger charge is 2.28. The number of hydrogen-bond donors (Lipinski definition) is 1. The predicted molar refractivity (Wildman–Crippen MR) is 217 cm³/mol. The first-order valence-corrected chi connectivity index (χ1v) is 18.9. The highest BCUT2D eigenvalue weighted by molar-refractivity contribution is 6.03. The molecule has 2 amide bonds. The van der Waals surface area contributed by atoms with E-state index in [1.807, 2.05) is 24.4 Å². The minimum atomic E-state index is -0.826. The average Bonchev–Trinajstić information content (AvgIpc) is 3.22. The van der Waals surface area contributed by atoms with E-state index in [4.69, 9.17) is 9.47 Å². The van der Waals surface area contributed by atoms with Gasteiger partial charge in [0.1, 0.15) is 18.1 Å². The number of anilines is 1. The molecule has 0 aliphatic carbocycles. The Morgan fingerprint density at radius 1 is 1.04 bits per heavy atom. The van der Waals surface area contributed by atoms with Gasteiger partial charge in [-0.1, -0.05) is 6.07 Å². The number of piperazine rings is 1. The summed E-state index contributed by atoms with van der Waals surface area (Å²) in [6.07, 6.45) is 6.90. The lowest BCUT2D eigenvalue weighted by Crippen LogP contribution is -2.47. The van der Waals surface area contributed by atoms with Crippen LogP contribution in [0.4, 0.5) is 5.69 Å². The number of aldehydes is 2. The van der Waals surface area contributed by atoms with Crippen molar-refractivity contribution in [2.24, 2.45) is 7.05 Å². The Balaban J connectivity index is 1.09. The summed E-state index contributed by atoms with van der Waals surface area (Å²) < 4.78 is 13.5. The number of carbonyl (C=O) groups excluding carboxylic acids is 4. The molecular weight excluding hydrogens is 715 g/mol. The highest BCUT2D eigenvalue weighted by Crippen LogP contribution is 2.34. The lowest BCUT2D eigenvalue weighted by Gasteiger charge is -2.36. The second-order valence-corrected chi connectivity index (χ2v) is 14.2. The SMILES string of the molecule is CNC(=O)C(CCC=O)N(C)C(=O)c1ccc(N2CCN(CCOCCN(C)Cc3c(C)cc(-c4cn(C)c(=O)c5cnccc45)cc3OC)CC2)cc1C=O. The summed E-state index contributed by atoms with van der Waals surface area (Å²) in [5.41, 5.74) is 5.36. The summed E-state index contributed by atoms with van der Waals surface area (Å²) in [4.78, 5) is 73.7. The van der Waals surface area contributed by atoms with Crippen LogP contribution in [0.2, 0.25) is 0 Å². The van der Waals surface area contributed by atoms with E-state index >= 15 is 0 Å². The molecule has 4 aromatic rings. The van der Waals surface area contributed by atoms with Crippen molar-refractivity contribution in [2.45, 2.75) is 32.4 Å². The zero-order valence-corrected chi connectivity index (χ0v) is 33.2. The molecule has 2 aromatic carbocycles. The number of likely N-dealkylation sites (N-methyl/N-ethyl adjacent to an activating group) is 3. The molecule has 56 heavy (non-hydrogen) atoms. The summed E-state index contributed by atoms with van der Waals surface area (Å²) >= 11 is 0. The topological polar surface area (TPSA) is 147 Å². The van der Waals surface area contributed by atoms with E-state index in [9.17, 15) is 24.0 Å². The molecule has 5 rings (SSSR count). The zero-order chi connectivity index (χ0) is 40.4. The Morgan fingerprint density at radius 2 is 1.80 bits per heavy atom. The molecule has 1 fully saturated rings. The number of nitrogens with zero attached hydrogens (tertiary/aromatic N) is 6. The molecule has 298 valence electrons. The Labute approximate surface area is 328 Å². The van der Waals surface area contributed by atoms with E-state index in [0.717, 1.165) is 78.3 Å².